The molecule has 1 aliphatic heterocycles. The molecule has 1 heterocycles. The molecule has 1 N–H and O–H groups in total. The lowest BCUT2D eigenvalue weighted by atomic mass is 10.2. The molecule has 0 aliphatic carbocycles. The number of fused-ring (bicyclic) bond motifs is 1. The van der Waals surface area contributed by atoms with Gasteiger partial charge in [0.15, 0.2) is 17.6 Å². The molecular weight excluding hydrogens is 436 g/mol. The van der Waals surface area contributed by atoms with Crippen molar-refractivity contribution in [1.29, 1.82) is 0 Å². The molecule has 0 bridgehead atoms. The number of nitrogens with zero attached hydrogens (tertiary/aromatic N) is 1. The van der Waals surface area contributed by atoms with Gasteiger partial charge in [-0.05, 0) is 48.9 Å². The van der Waals surface area contributed by atoms with Gasteiger partial charge >= 0.3 is 5.97 Å². The van der Waals surface area contributed by atoms with Crippen LogP contribution in [0.5, 0.6) is 11.5 Å². The van der Waals surface area contributed by atoms with Crippen molar-refractivity contribution in [3.63, 3.8) is 0 Å². The van der Waals surface area contributed by atoms with Crippen LogP contribution in [0.4, 0.5) is 0 Å². The molecule has 1 atom stereocenters. The van der Waals surface area contributed by atoms with Crippen LogP contribution >= 0.6 is 0 Å². The van der Waals surface area contributed by atoms with Gasteiger partial charge in [-0.2, -0.15) is 4.31 Å². The second-order valence-electron chi connectivity index (χ2n) is 7.07. The van der Waals surface area contributed by atoms with Crippen LogP contribution in [-0.4, -0.2) is 50.6 Å². The van der Waals surface area contributed by atoms with Gasteiger partial charge < -0.3 is 19.5 Å². The summed E-state index contributed by atoms with van der Waals surface area (Å²) in [5, 5.41) is 2.70. The average molecular weight is 463 g/mol. The van der Waals surface area contributed by atoms with Gasteiger partial charge in [-0.3, -0.25) is 4.79 Å². The minimum atomic E-state index is -3.62. The molecule has 0 saturated carbocycles. The number of rotatable bonds is 9. The second kappa shape index (κ2) is 10.0. The van der Waals surface area contributed by atoms with Gasteiger partial charge in [0.25, 0.3) is 5.91 Å². The molecule has 1 unspecified atom stereocenters. The van der Waals surface area contributed by atoms with E-state index in [-0.39, 0.29) is 23.8 Å². The maximum Gasteiger partial charge on any atom is 0.338 e. The number of benzene rings is 2. The molecule has 0 saturated heterocycles. The fourth-order valence-corrected chi connectivity index (χ4v) is 4.60. The topological polar surface area (TPSA) is 111 Å². The number of amides is 1. The highest BCUT2D eigenvalue weighted by atomic mass is 32.2. The molecule has 0 spiro atoms. The summed E-state index contributed by atoms with van der Waals surface area (Å²) in [6, 6.07) is 10.8. The van der Waals surface area contributed by atoms with Crippen LogP contribution in [0.15, 0.2) is 47.4 Å². The average Bonchev–Trinajstić information content (AvgIpc) is 3.26. The molecule has 0 radical (unpaired) electrons. The Morgan fingerprint density at radius 3 is 2.38 bits per heavy atom. The SMILES string of the molecule is CCN(CC)S(=O)(=O)c1ccc(C(=O)OC(C)C(=O)NCc2ccc3c(c2)OCO3)cc1. The van der Waals surface area contributed by atoms with Crippen molar-refractivity contribution < 1.29 is 32.2 Å². The van der Waals surface area contributed by atoms with Gasteiger partial charge in [0.1, 0.15) is 0 Å². The summed E-state index contributed by atoms with van der Waals surface area (Å²) in [5.41, 5.74) is 0.963. The quantitative estimate of drug-likeness (QED) is 0.569. The lowest BCUT2D eigenvalue weighted by Crippen LogP contribution is -2.35. The number of nitrogens with one attached hydrogen (secondary N) is 1. The van der Waals surface area contributed by atoms with Gasteiger partial charge in [-0.25, -0.2) is 13.2 Å². The first-order valence-corrected chi connectivity index (χ1v) is 11.7. The Bertz CT molecular complexity index is 1080. The lowest BCUT2D eigenvalue weighted by molar-refractivity contribution is -0.129. The van der Waals surface area contributed by atoms with E-state index < -0.39 is 28.0 Å². The highest BCUT2D eigenvalue weighted by Crippen LogP contribution is 2.32. The zero-order chi connectivity index (χ0) is 23.3. The fraction of sp³-hybridized carbons (Fsp3) is 0.364. The van der Waals surface area contributed by atoms with Crippen LogP contribution in [0, 0.1) is 0 Å². The Kier molecular flexibility index (Phi) is 7.37. The van der Waals surface area contributed by atoms with Gasteiger partial charge in [0, 0.05) is 19.6 Å². The second-order valence-corrected chi connectivity index (χ2v) is 9.00. The Hall–Kier alpha value is -3.11. The third kappa shape index (κ3) is 5.20. The van der Waals surface area contributed by atoms with Crippen molar-refractivity contribution in [2.75, 3.05) is 19.9 Å². The summed E-state index contributed by atoms with van der Waals surface area (Å²) in [6.45, 7) is 6.07. The minimum Gasteiger partial charge on any atom is -0.454 e. The third-order valence-electron chi connectivity index (χ3n) is 4.99. The van der Waals surface area contributed by atoms with Gasteiger partial charge in [-0.1, -0.05) is 19.9 Å². The minimum absolute atomic E-state index is 0.0901. The van der Waals surface area contributed by atoms with Crippen LogP contribution in [0.1, 0.15) is 36.7 Å². The molecule has 32 heavy (non-hydrogen) atoms. The van der Waals surface area contributed by atoms with Crippen LogP contribution in [-0.2, 0) is 26.1 Å². The summed E-state index contributed by atoms with van der Waals surface area (Å²) in [5.74, 6) is 0.0836. The highest BCUT2D eigenvalue weighted by molar-refractivity contribution is 7.89. The van der Waals surface area contributed by atoms with Crippen LogP contribution < -0.4 is 14.8 Å². The van der Waals surface area contributed by atoms with Crippen LogP contribution in [0.25, 0.3) is 0 Å². The van der Waals surface area contributed by atoms with E-state index in [1.165, 1.54) is 35.5 Å². The molecule has 1 amide bonds. The maximum atomic E-state index is 12.5. The first kappa shape index (κ1) is 23.6. The Balaban J connectivity index is 1.56. The van der Waals surface area contributed by atoms with E-state index >= 15 is 0 Å². The van der Waals surface area contributed by atoms with Crippen molar-refractivity contribution in [3.05, 3.63) is 53.6 Å². The Labute approximate surface area is 187 Å². The van der Waals surface area contributed by atoms with Crippen molar-refractivity contribution in [3.8, 4) is 11.5 Å². The van der Waals surface area contributed by atoms with E-state index in [1.807, 2.05) is 0 Å². The van der Waals surface area contributed by atoms with E-state index in [4.69, 9.17) is 14.2 Å². The summed E-state index contributed by atoms with van der Waals surface area (Å²) in [4.78, 5) is 24.8. The summed E-state index contributed by atoms with van der Waals surface area (Å²) < 4.78 is 42.2. The number of carbonyl (C=O) groups is 2. The number of carbonyl (C=O) groups excluding carboxylic acids is 2. The van der Waals surface area contributed by atoms with Crippen molar-refractivity contribution in [2.45, 2.75) is 38.3 Å². The van der Waals surface area contributed by atoms with Gasteiger partial charge in [-0.15, -0.1) is 0 Å². The molecule has 1 aliphatic rings. The van der Waals surface area contributed by atoms with E-state index in [1.54, 1.807) is 32.0 Å². The van der Waals surface area contributed by atoms with Crippen LogP contribution in [0.2, 0.25) is 0 Å². The zero-order valence-electron chi connectivity index (χ0n) is 18.2. The van der Waals surface area contributed by atoms with Crippen LogP contribution in [0.3, 0.4) is 0 Å². The molecule has 0 aromatic heterocycles. The largest absolute Gasteiger partial charge is 0.454 e. The zero-order valence-corrected chi connectivity index (χ0v) is 19.0. The number of hydrogen-bond acceptors (Lipinski definition) is 7. The van der Waals surface area contributed by atoms with Crippen molar-refractivity contribution in [1.82, 2.24) is 9.62 Å². The summed E-state index contributed by atoms with van der Waals surface area (Å²) in [6.07, 6.45) is -1.03. The van der Waals surface area contributed by atoms with E-state index in [0.29, 0.717) is 24.6 Å². The highest BCUT2D eigenvalue weighted by Gasteiger charge is 2.23. The van der Waals surface area contributed by atoms with E-state index in [0.717, 1.165) is 5.56 Å². The molecule has 3 rings (SSSR count). The molecule has 10 heteroatoms. The first-order chi connectivity index (χ1) is 15.3. The molecule has 9 nitrogen and oxygen atoms in total. The maximum absolute atomic E-state index is 12.5. The molecule has 0 fully saturated rings. The van der Waals surface area contributed by atoms with Crippen molar-refractivity contribution in [2.24, 2.45) is 0 Å². The molecule has 172 valence electrons. The normalized spacial score (nSPS) is 13.6. The predicted octanol–water partition coefficient (Wildman–Crippen LogP) is 2.31. The molecule has 2 aromatic rings. The smallest absolute Gasteiger partial charge is 0.338 e. The van der Waals surface area contributed by atoms with E-state index in [9.17, 15) is 18.0 Å². The number of sulfonamides is 1. The van der Waals surface area contributed by atoms with Crippen molar-refractivity contribution >= 4 is 21.9 Å². The van der Waals surface area contributed by atoms with Gasteiger partial charge in [0.05, 0.1) is 10.5 Å². The van der Waals surface area contributed by atoms with E-state index in [2.05, 4.69) is 5.32 Å². The Morgan fingerprint density at radius 2 is 1.72 bits per heavy atom. The first-order valence-electron chi connectivity index (χ1n) is 10.2. The number of hydrogen-bond donors (Lipinski definition) is 1. The van der Waals surface area contributed by atoms with Gasteiger partial charge in [0.2, 0.25) is 16.8 Å². The summed E-state index contributed by atoms with van der Waals surface area (Å²) >= 11 is 0. The predicted molar refractivity (Wildman–Crippen MR) is 116 cm³/mol. The number of esters is 1. The number of ether oxygens (including phenoxy) is 3. The Morgan fingerprint density at radius 1 is 1.06 bits per heavy atom. The fourth-order valence-electron chi connectivity index (χ4n) is 3.14. The molecule has 2 aromatic carbocycles. The molecular formula is C22H26N2O7S. The monoisotopic (exact) mass is 462 g/mol. The lowest BCUT2D eigenvalue weighted by Gasteiger charge is -2.18. The standard InChI is InChI=1S/C22H26N2O7S/c1-4-24(5-2)32(27,28)18-9-7-17(8-10-18)22(26)31-15(3)21(25)23-13-16-6-11-19-20(12-16)30-14-29-19/h6-12,15H,4-5,13-14H2,1-3H3,(H,23,25). The summed E-state index contributed by atoms with van der Waals surface area (Å²) in [7, 11) is -3.62. The third-order valence-corrected chi connectivity index (χ3v) is 7.05.